The van der Waals surface area contributed by atoms with Crippen molar-refractivity contribution in [3.63, 3.8) is 0 Å². The first-order valence-electron chi connectivity index (χ1n) is 11.8. The Hall–Kier alpha value is -3.27. The summed E-state index contributed by atoms with van der Waals surface area (Å²) in [7, 11) is 1.60. The average Bonchev–Trinajstić information content (AvgIpc) is 3.33. The van der Waals surface area contributed by atoms with Gasteiger partial charge in [-0.2, -0.15) is 4.98 Å². The van der Waals surface area contributed by atoms with Crippen LogP contribution >= 0.6 is 39.3 Å². The highest BCUT2D eigenvalue weighted by Gasteiger charge is 2.37. The number of nitrogens with zero attached hydrogens (tertiary/aromatic N) is 3. The maximum Gasteiger partial charge on any atom is 0.338 e. The third-order valence-corrected chi connectivity index (χ3v) is 7.82. The zero-order valence-electron chi connectivity index (χ0n) is 20.7. The first-order valence-corrected chi connectivity index (χ1v) is 13.9. The number of hydrogen-bond donors (Lipinski definition) is 1. The third-order valence-electron chi connectivity index (χ3n) is 6.07. The number of anilines is 1. The van der Waals surface area contributed by atoms with Crippen molar-refractivity contribution in [2.24, 2.45) is 0 Å². The Balaban J connectivity index is 1.51. The van der Waals surface area contributed by atoms with Gasteiger partial charge in [0.05, 0.1) is 12.7 Å². The minimum Gasteiger partial charge on any atom is -0.496 e. The van der Waals surface area contributed by atoms with Crippen LogP contribution in [0, 0.1) is 0 Å². The number of nitrogens with one attached hydrogen (secondary N) is 1. The Morgan fingerprint density at radius 2 is 1.89 bits per heavy atom. The van der Waals surface area contributed by atoms with Crippen LogP contribution in [0.2, 0.25) is 5.02 Å². The zero-order chi connectivity index (χ0) is 26.6. The topological polar surface area (TPSA) is 78.3 Å². The Morgan fingerprint density at radius 1 is 1.13 bits per heavy atom. The third kappa shape index (κ3) is 5.60. The molecule has 4 aromatic rings. The lowest BCUT2D eigenvalue weighted by atomic mass is 9.95. The van der Waals surface area contributed by atoms with Crippen molar-refractivity contribution in [1.82, 2.24) is 14.8 Å². The number of aromatic nitrogens is 3. The minimum atomic E-state index is -0.621. The van der Waals surface area contributed by atoms with Crippen molar-refractivity contribution < 1.29 is 14.3 Å². The van der Waals surface area contributed by atoms with Crippen LogP contribution in [0.25, 0.3) is 0 Å². The number of esters is 1. The lowest BCUT2D eigenvalue weighted by Gasteiger charge is -2.29. The molecule has 1 atom stereocenters. The van der Waals surface area contributed by atoms with Gasteiger partial charge in [-0.3, -0.25) is 0 Å². The normalized spacial score (nSPS) is 14.6. The molecule has 0 radical (unpaired) electrons. The predicted octanol–water partition coefficient (Wildman–Crippen LogP) is 7.03. The summed E-state index contributed by atoms with van der Waals surface area (Å²) in [5, 5.41) is 9.29. The van der Waals surface area contributed by atoms with Crippen LogP contribution < -0.4 is 10.1 Å². The van der Waals surface area contributed by atoms with Gasteiger partial charge in [0, 0.05) is 26.5 Å². The molecule has 0 saturated carbocycles. The highest BCUT2D eigenvalue weighted by Crippen LogP contribution is 2.41. The number of hydrogen-bond acceptors (Lipinski definition) is 7. The van der Waals surface area contributed by atoms with E-state index in [0.29, 0.717) is 38.9 Å². The molecule has 0 aliphatic carbocycles. The Morgan fingerprint density at radius 3 is 2.66 bits per heavy atom. The predicted molar refractivity (Wildman–Crippen MR) is 152 cm³/mol. The van der Waals surface area contributed by atoms with E-state index in [1.165, 1.54) is 11.8 Å². The molecule has 0 amide bonds. The molecule has 1 aliphatic rings. The van der Waals surface area contributed by atoms with E-state index in [1.54, 1.807) is 11.8 Å². The minimum absolute atomic E-state index is 0.155. The smallest absolute Gasteiger partial charge is 0.338 e. The quantitative estimate of drug-likeness (QED) is 0.169. The summed E-state index contributed by atoms with van der Waals surface area (Å²) in [4.78, 5) is 18.3. The molecule has 1 unspecified atom stereocenters. The molecule has 0 bridgehead atoms. The highest BCUT2D eigenvalue weighted by atomic mass is 79.9. The number of carbonyl (C=O) groups is 1. The molecule has 0 spiro atoms. The summed E-state index contributed by atoms with van der Waals surface area (Å²) >= 11 is 11.4. The van der Waals surface area contributed by atoms with Gasteiger partial charge in [0.15, 0.2) is 0 Å². The van der Waals surface area contributed by atoms with E-state index in [9.17, 15) is 4.79 Å². The first-order chi connectivity index (χ1) is 18.4. The molecule has 2 heterocycles. The Labute approximate surface area is 238 Å². The van der Waals surface area contributed by atoms with Gasteiger partial charge in [-0.1, -0.05) is 87.8 Å². The van der Waals surface area contributed by atoms with Crippen molar-refractivity contribution in [2.45, 2.75) is 30.5 Å². The van der Waals surface area contributed by atoms with Crippen LogP contribution in [0.15, 0.2) is 93.7 Å². The molecule has 194 valence electrons. The standard InChI is InChI=1S/C28H24BrClN4O3S/c1-17-24(26(35)37-15-18-8-4-3-5-9-18)25(21-14-20(29)12-13-23(21)36-2)34-27(31-17)32-28(33-34)38-16-19-10-6-7-11-22(19)30/h3-14,25H,15-16H2,1-2H3,(H,31,32,33). The van der Waals surface area contributed by atoms with Gasteiger partial charge in [-0.15, -0.1) is 5.10 Å². The van der Waals surface area contributed by atoms with Gasteiger partial charge in [0.25, 0.3) is 0 Å². The molecule has 38 heavy (non-hydrogen) atoms. The van der Waals surface area contributed by atoms with Crippen molar-refractivity contribution in [3.8, 4) is 5.75 Å². The second-order valence-electron chi connectivity index (χ2n) is 8.56. The second kappa shape index (κ2) is 11.6. The van der Waals surface area contributed by atoms with Crippen LogP contribution in [0.3, 0.4) is 0 Å². The number of rotatable bonds is 8. The number of carbonyl (C=O) groups excluding carboxylic acids is 1. The van der Waals surface area contributed by atoms with E-state index in [-0.39, 0.29) is 6.61 Å². The molecule has 5 rings (SSSR count). The molecule has 1 aromatic heterocycles. The van der Waals surface area contributed by atoms with Crippen molar-refractivity contribution >= 4 is 51.2 Å². The fourth-order valence-corrected chi connectivity index (χ4v) is 5.72. The molecule has 0 fully saturated rings. The van der Waals surface area contributed by atoms with E-state index in [4.69, 9.17) is 31.2 Å². The summed E-state index contributed by atoms with van der Waals surface area (Å²) in [5.41, 5.74) is 3.71. The van der Waals surface area contributed by atoms with Gasteiger partial charge in [-0.05, 0) is 42.3 Å². The number of fused-ring (bicyclic) bond motifs is 1. The number of thioether (sulfide) groups is 1. The highest BCUT2D eigenvalue weighted by molar-refractivity contribution is 9.10. The van der Waals surface area contributed by atoms with Gasteiger partial charge in [0.1, 0.15) is 18.4 Å². The number of methoxy groups -OCH3 is 1. The number of halogens is 2. The van der Waals surface area contributed by atoms with Gasteiger partial charge >= 0.3 is 5.97 Å². The largest absolute Gasteiger partial charge is 0.496 e. The van der Waals surface area contributed by atoms with Crippen LogP contribution in [0.1, 0.15) is 29.7 Å². The Kier molecular flexibility index (Phi) is 8.06. The molecule has 10 heteroatoms. The fraction of sp³-hybridized carbons (Fsp3) is 0.179. The van der Waals surface area contributed by atoms with Crippen molar-refractivity contribution in [1.29, 1.82) is 0 Å². The lowest BCUT2D eigenvalue weighted by molar-refractivity contribution is -0.140. The number of benzene rings is 3. The molecule has 7 nitrogen and oxygen atoms in total. The van der Waals surface area contributed by atoms with Crippen LogP contribution in [0.5, 0.6) is 5.75 Å². The van der Waals surface area contributed by atoms with E-state index >= 15 is 0 Å². The first kappa shape index (κ1) is 26.3. The van der Waals surface area contributed by atoms with Crippen molar-refractivity contribution in [2.75, 3.05) is 12.4 Å². The molecular formula is C28H24BrClN4O3S. The zero-order valence-corrected chi connectivity index (χ0v) is 23.8. The van der Waals surface area contributed by atoms with Crippen LogP contribution in [-0.2, 0) is 21.9 Å². The monoisotopic (exact) mass is 610 g/mol. The molecular weight excluding hydrogens is 588 g/mol. The summed E-state index contributed by atoms with van der Waals surface area (Å²) in [5.74, 6) is 1.30. The van der Waals surface area contributed by atoms with E-state index < -0.39 is 12.0 Å². The summed E-state index contributed by atoms with van der Waals surface area (Å²) in [6.07, 6.45) is 0. The number of allylic oxidation sites excluding steroid dienone is 1. The Bertz CT molecular complexity index is 1510. The van der Waals surface area contributed by atoms with E-state index in [2.05, 4.69) is 21.2 Å². The van der Waals surface area contributed by atoms with Gasteiger partial charge in [-0.25, -0.2) is 9.48 Å². The summed E-state index contributed by atoms with van der Waals surface area (Å²) in [6.45, 7) is 1.99. The van der Waals surface area contributed by atoms with Crippen molar-refractivity contribution in [3.05, 3.63) is 110 Å². The molecule has 3 aromatic carbocycles. The average molecular weight is 612 g/mol. The van der Waals surface area contributed by atoms with E-state index in [0.717, 1.165) is 21.2 Å². The lowest BCUT2D eigenvalue weighted by Crippen LogP contribution is -2.30. The maximum absolute atomic E-state index is 13.6. The van der Waals surface area contributed by atoms with Gasteiger partial charge < -0.3 is 14.8 Å². The summed E-state index contributed by atoms with van der Waals surface area (Å²) < 4.78 is 14.0. The fourth-order valence-electron chi connectivity index (χ4n) is 4.22. The molecule has 1 aliphatic heterocycles. The van der Waals surface area contributed by atoms with Crippen LogP contribution in [0.4, 0.5) is 5.95 Å². The van der Waals surface area contributed by atoms with E-state index in [1.807, 2.05) is 79.7 Å². The molecule has 0 saturated heterocycles. The summed E-state index contributed by atoms with van der Waals surface area (Å²) in [6, 6.07) is 22.3. The molecule has 1 N–H and O–H groups in total. The SMILES string of the molecule is COc1ccc(Br)cc1C1C(C(=O)OCc2ccccc2)=C(C)Nc2nc(SCc3ccccc3Cl)nn21. The maximum atomic E-state index is 13.6. The second-order valence-corrected chi connectivity index (χ2v) is 10.8. The van der Waals surface area contributed by atoms with Gasteiger partial charge in [0.2, 0.25) is 11.1 Å². The van der Waals surface area contributed by atoms with Crippen LogP contribution in [-0.4, -0.2) is 27.8 Å². The number of ether oxygens (including phenoxy) is 2.